The van der Waals surface area contributed by atoms with Gasteiger partial charge in [0.25, 0.3) is 11.6 Å². The smallest absolute Gasteiger partial charge is 0.293 e. The minimum Gasteiger partial charge on any atom is -0.486 e. The summed E-state index contributed by atoms with van der Waals surface area (Å²) >= 11 is 0. The Kier molecular flexibility index (Phi) is 5.24. The zero-order chi connectivity index (χ0) is 20.4. The molecule has 29 heavy (non-hydrogen) atoms. The predicted octanol–water partition coefficient (Wildman–Crippen LogP) is 3.78. The first kappa shape index (κ1) is 19.0. The third-order valence-electron chi connectivity index (χ3n) is 5.27. The molecule has 0 aromatic heterocycles. The second-order valence-corrected chi connectivity index (χ2v) is 7.08. The molecular formula is C21H23N3O5. The summed E-state index contributed by atoms with van der Waals surface area (Å²) in [4.78, 5) is 25.9. The average Bonchev–Trinajstić information content (AvgIpc) is 3.23. The Labute approximate surface area is 168 Å². The minimum atomic E-state index is -0.461. The number of carbonyl (C=O) groups is 1. The highest BCUT2D eigenvalue weighted by Crippen LogP contribution is 2.39. The number of benzene rings is 2. The van der Waals surface area contributed by atoms with Gasteiger partial charge in [0.15, 0.2) is 11.5 Å². The molecule has 4 rings (SSSR count). The highest BCUT2D eigenvalue weighted by molar-refractivity contribution is 5.96. The molecule has 1 atom stereocenters. The number of nitro groups is 1. The van der Waals surface area contributed by atoms with Gasteiger partial charge in [0.2, 0.25) is 0 Å². The van der Waals surface area contributed by atoms with Crippen molar-refractivity contribution in [2.75, 3.05) is 31.6 Å². The summed E-state index contributed by atoms with van der Waals surface area (Å²) in [6, 6.07) is 10.3. The molecule has 2 aromatic rings. The van der Waals surface area contributed by atoms with Crippen LogP contribution < -0.4 is 14.8 Å². The van der Waals surface area contributed by atoms with Crippen molar-refractivity contribution in [2.24, 2.45) is 0 Å². The maximum atomic E-state index is 13.2. The Morgan fingerprint density at radius 2 is 2.00 bits per heavy atom. The number of likely N-dealkylation sites (tertiary alicyclic amines) is 1. The van der Waals surface area contributed by atoms with Gasteiger partial charge >= 0.3 is 0 Å². The third kappa shape index (κ3) is 3.70. The van der Waals surface area contributed by atoms with Gasteiger partial charge in [-0.3, -0.25) is 14.9 Å². The molecule has 0 saturated carbocycles. The number of anilines is 1. The first-order chi connectivity index (χ1) is 14.1. The van der Waals surface area contributed by atoms with Gasteiger partial charge in [-0.25, -0.2) is 0 Å². The van der Waals surface area contributed by atoms with Crippen molar-refractivity contribution in [3.8, 4) is 11.5 Å². The van der Waals surface area contributed by atoms with Crippen LogP contribution in [0, 0.1) is 10.1 Å². The maximum absolute atomic E-state index is 13.2. The number of hydrogen-bond acceptors (Lipinski definition) is 6. The number of carbonyl (C=O) groups excluding carboxylic acids is 1. The monoisotopic (exact) mass is 397 g/mol. The second kappa shape index (κ2) is 7.98. The third-order valence-corrected chi connectivity index (χ3v) is 5.27. The van der Waals surface area contributed by atoms with Crippen LogP contribution in [-0.2, 0) is 0 Å². The predicted molar refractivity (Wildman–Crippen MR) is 108 cm³/mol. The highest BCUT2D eigenvalue weighted by Gasteiger charge is 2.32. The van der Waals surface area contributed by atoms with Crippen LogP contribution in [0.1, 0.15) is 41.7 Å². The maximum Gasteiger partial charge on any atom is 0.293 e. The molecule has 2 aromatic carbocycles. The summed E-state index contributed by atoms with van der Waals surface area (Å²) in [5.74, 6) is 1.21. The van der Waals surface area contributed by atoms with E-state index >= 15 is 0 Å². The Bertz CT molecular complexity index is 946. The Balaban J connectivity index is 1.61. The molecule has 0 unspecified atom stereocenters. The zero-order valence-electron chi connectivity index (χ0n) is 16.2. The molecule has 8 nitrogen and oxygen atoms in total. The van der Waals surface area contributed by atoms with Crippen molar-refractivity contribution < 1.29 is 19.2 Å². The topological polar surface area (TPSA) is 93.9 Å². The second-order valence-electron chi connectivity index (χ2n) is 7.08. The van der Waals surface area contributed by atoms with Gasteiger partial charge in [0, 0.05) is 24.7 Å². The molecule has 0 radical (unpaired) electrons. The van der Waals surface area contributed by atoms with E-state index in [4.69, 9.17) is 9.47 Å². The molecule has 2 aliphatic rings. The lowest BCUT2D eigenvalue weighted by Gasteiger charge is -2.27. The van der Waals surface area contributed by atoms with Crippen molar-refractivity contribution in [2.45, 2.75) is 25.8 Å². The summed E-state index contributed by atoms with van der Waals surface area (Å²) in [6.45, 7) is 4.08. The van der Waals surface area contributed by atoms with Gasteiger partial charge in [-0.05, 0) is 49.6 Å². The number of ether oxygens (including phenoxy) is 2. The van der Waals surface area contributed by atoms with Gasteiger partial charge in [0.05, 0.1) is 11.0 Å². The van der Waals surface area contributed by atoms with Crippen molar-refractivity contribution in [3.63, 3.8) is 0 Å². The van der Waals surface area contributed by atoms with Crippen LogP contribution in [0.2, 0.25) is 0 Å². The first-order valence-corrected chi connectivity index (χ1v) is 9.81. The van der Waals surface area contributed by atoms with Crippen LogP contribution in [0.3, 0.4) is 0 Å². The van der Waals surface area contributed by atoms with E-state index in [2.05, 4.69) is 5.32 Å². The average molecular weight is 397 g/mol. The summed E-state index contributed by atoms with van der Waals surface area (Å²) in [7, 11) is 0. The lowest BCUT2D eigenvalue weighted by molar-refractivity contribution is -0.384. The fourth-order valence-corrected chi connectivity index (χ4v) is 3.95. The van der Waals surface area contributed by atoms with E-state index < -0.39 is 4.92 Å². The quantitative estimate of drug-likeness (QED) is 0.610. The molecule has 152 valence electrons. The molecule has 1 N–H and O–H groups in total. The van der Waals surface area contributed by atoms with E-state index in [1.807, 2.05) is 25.1 Å². The van der Waals surface area contributed by atoms with Crippen molar-refractivity contribution in [3.05, 3.63) is 57.6 Å². The molecule has 0 aliphatic carbocycles. The van der Waals surface area contributed by atoms with Gasteiger partial charge in [-0.1, -0.05) is 6.07 Å². The van der Waals surface area contributed by atoms with Gasteiger partial charge < -0.3 is 19.7 Å². The molecule has 1 saturated heterocycles. The Morgan fingerprint density at radius 3 is 2.76 bits per heavy atom. The number of nitrogens with one attached hydrogen (secondary N) is 1. The summed E-state index contributed by atoms with van der Waals surface area (Å²) in [6.07, 6.45) is 1.71. The van der Waals surface area contributed by atoms with Crippen LogP contribution in [0.4, 0.5) is 11.4 Å². The molecule has 2 aliphatic heterocycles. The fraction of sp³-hybridized carbons (Fsp3) is 0.381. The molecule has 2 heterocycles. The lowest BCUT2D eigenvalue weighted by atomic mass is 10.0. The lowest BCUT2D eigenvalue weighted by Crippen LogP contribution is -2.30. The SMILES string of the molecule is CCNc1ccc(C(=O)N2CCC[C@H]2c2ccc3c(c2)OCCO3)cc1[N+](=O)[O-]. The number of nitrogens with zero attached hydrogens (tertiary/aromatic N) is 2. The number of rotatable bonds is 5. The molecule has 0 bridgehead atoms. The summed E-state index contributed by atoms with van der Waals surface area (Å²) < 4.78 is 11.2. The van der Waals surface area contributed by atoms with Crippen LogP contribution in [0.15, 0.2) is 36.4 Å². The molecule has 1 amide bonds. The van der Waals surface area contributed by atoms with Crippen LogP contribution in [-0.4, -0.2) is 42.0 Å². The van der Waals surface area contributed by atoms with Crippen molar-refractivity contribution >= 4 is 17.3 Å². The van der Waals surface area contributed by atoms with E-state index in [1.54, 1.807) is 17.0 Å². The van der Waals surface area contributed by atoms with Crippen molar-refractivity contribution in [1.29, 1.82) is 0 Å². The molecule has 8 heteroatoms. The number of fused-ring (bicyclic) bond motifs is 1. The molecular weight excluding hydrogens is 374 g/mol. The van der Waals surface area contributed by atoms with Gasteiger partial charge in [-0.15, -0.1) is 0 Å². The molecule has 1 fully saturated rings. The standard InChI is InChI=1S/C21H23N3O5/c1-2-22-16-7-5-15(12-18(16)24(26)27)21(25)23-9-3-4-17(23)14-6-8-19-20(13-14)29-11-10-28-19/h5-8,12-13,17,22H,2-4,9-11H2,1H3/t17-/m0/s1. The number of nitro benzene ring substituents is 1. The largest absolute Gasteiger partial charge is 0.486 e. The van der Waals surface area contributed by atoms with E-state index in [0.29, 0.717) is 49.1 Å². The highest BCUT2D eigenvalue weighted by atomic mass is 16.6. The first-order valence-electron chi connectivity index (χ1n) is 9.81. The number of amides is 1. The fourth-order valence-electron chi connectivity index (χ4n) is 3.95. The van der Waals surface area contributed by atoms with Crippen LogP contribution >= 0.6 is 0 Å². The van der Waals surface area contributed by atoms with Gasteiger partial charge in [0.1, 0.15) is 18.9 Å². The van der Waals surface area contributed by atoms with Crippen molar-refractivity contribution in [1.82, 2.24) is 4.90 Å². The summed E-state index contributed by atoms with van der Waals surface area (Å²) in [5.41, 5.74) is 1.63. The summed E-state index contributed by atoms with van der Waals surface area (Å²) in [5, 5.41) is 14.4. The number of hydrogen-bond donors (Lipinski definition) is 1. The molecule has 0 spiro atoms. The van der Waals surface area contributed by atoms with Crippen LogP contribution in [0.25, 0.3) is 0 Å². The Hall–Kier alpha value is -3.29. The van der Waals surface area contributed by atoms with E-state index in [-0.39, 0.29) is 17.6 Å². The Morgan fingerprint density at radius 1 is 1.21 bits per heavy atom. The van der Waals surface area contributed by atoms with E-state index in [9.17, 15) is 14.9 Å². The van der Waals surface area contributed by atoms with Crippen LogP contribution in [0.5, 0.6) is 11.5 Å². The minimum absolute atomic E-state index is 0.0900. The van der Waals surface area contributed by atoms with E-state index in [1.165, 1.54) is 6.07 Å². The zero-order valence-corrected chi connectivity index (χ0v) is 16.2. The van der Waals surface area contributed by atoms with Gasteiger partial charge in [-0.2, -0.15) is 0 Å². The van der Waals surface area contributed by atoms with E-state index in [0.717, 1.165) is 18.4 Å². The normalized spacial score (nSPS) is 17.8.